The van der Waals surface area contributed by atoms with E-state index in [2.05, 4.69) is 4.98 Å². The van der Waals surface area contributed by atoms with Crippen LogP contribution in [-0.2, 0) is 16.6 Å². The Balaban J connectivity index is 2.31. The Morgan fingerprint density at radius 2 is 2.00 bits per heavy atom. The number of hydrogen-bond donors (Lipinski definition) is 2. The Labute approximate surface area is 124 Å². The highest BCUT2D eigenvalue weighted by Crippen LogP contribution is 2.26. The fourth-order valence-electron chi connectivity index (χ4n) is 2.05. The standard InChI is InChI=1S/C14H18N4O2S/c1-2-18(10-11-5-3-4-8-17-11)14-7-6-12(9-13(14)15)21(16,19)20/h3-9H,2,10,15H2,1H3,(H2,16,19,20). The van der Waals surface area contributed by atoms with Gasteiger partial charge in [0.2, 0.25) is 10.0 Å². The maximum Gasteiger partial charge on any atom is 0.238 e. The lowest BCUT2D eigenvalue weighted by Gasteiger charge is -2.24. The van der Waals surface area contributed by atoms with Crippen LogP contribution in [0.15, 0.2) is 47.5 Å². The molecule has 21 heavy (non-hydrogen) atoms. The van der Waals surface area contributed by atoms with E-state index in [4.69, 9.17) is 10.9 Å². The second-order valence-electron chi connectivity index (χ2n) is 4.60. The van der Waals surface area contributed by atoms with E-state index in [1.807, 2.05) is 30.0 Å². The van der Waals surface area contributed by atoms with Crippen molar-refractivity contribution >= 4 is 21.4 Å². The number of nitrogens with two attached hydrogens (primary N) is 2. The minimum Gasteiger partial charge on any atom is -0.397 e. The van der Waals surface area contributed by atoms with E-state index in [0.717, 1.165) is 17.9 Å². The van der Waals surface area contributed by atoms with Crippen molar-refractivity contribution in [1.29, 1.82) is 0 Å². The van der Waals surface area contributed by atoms with Gasteiger partial charge in [-0.1, -0.05) is 6.07 Å². The SMILES string of the molecule is CCN(Cc1ccccn1)c1ccc(S(N)(=O)=O)cc1N. The summed E-state index contributed by atoms with van der Waals surface area (Å²) in [5.74, 6) is 0. The van der Waals surface area contributed by atoms with Crippen molar-refractivity contribution in [3.05, 3.63) is 48.3 Å². The van der Waals surface area contributed by atoms with Crippen LogP contribution in [0.1, 0.15) is 12.6 Å². The molecule has 1 aromatic heterocycles. The average molecular weight is 306 g/mol. The van der Waals surface area contributed by atoms with Crippen molar-refractivity contribution in [2.24, 2.45) is 5.14 Å². The molecular weight excluding hydrogens is 288 g/mol. The molecule has 0 aliphatic carbocycles. The lowest BCUT2D eigenvalue weighted by Crippen LogP contribution is -2.24. The molecule has 0 fully saturated rings. The zero-order valence-electron chi connectivity index (χ0n) is 11.7. The third-order valence-electron chi connectivity index (χ3n) is 3.13. The monoisotopic (exact) mass is 306 g/mol. The smallest absolute Gasteiger partial charge is 0.238 e. The third-order valence-corrected chi connectivity index (χ3v) is 4.04. The highest BCUT2D eigenvalue weighted by atomic mass is 32.2. The summed E-state index contributed by atoms with van der Waals surface area (Å²) in [7, 11) is -3.74. The molecule has 0 atom stereocenters. The summed E-state index contributed by atoms with van der Waals surface area (Å²) in [6, 6.07) is 10.2. The van der Waals surface area contributed by atoms with Crippen LogP contribution in [0.3, 0.4) is 0 Å². The minimum atomic E-state index is -3.74. The molecule has 0 spiro atoms. The lowest BCUT2D eigenvalue weighted by atomic mass is 10.2. The van der Waals surface area contributed by atoms with Crippen molar-refractivity contribution in [3.8, 4) is 0 Å². The van der Waals surface area contributed by atoms with E-state index in [0.29, 0.717) is 12.2 Å². The second kappa shape index (κ2) is 6.11. The summed E-state index contributed by atoms with van der Waals surface area (Å²) in [5, 5.41) is 5.10. The maximum atomic E-state index is 11.3. The molecule has 7 heteroatoms. The van der Waals surface area contributed by atoms with Gasteiger partial charge in [-0.3, -0.25) is 4.98 Å². The Morgan fingerprint density at radius 3 is 2.52 bits per heavy atom. The molecule has 0 radical (unpaired) electrons. The maximum absolute atomic E-state index is 11.3. The largest absolute Gasteiger partial charge is 0.397 e. The van der Waals surface area contributed by atoms with E-state index in [-0.39, 0.29) is 4.90 Å². The summed E-state index contributed by atoms with van der Waals surface area (Å²) in [4.78, 5) is 6.31. The highest BCUT2D eigenvalue weighted by molar-refractivity contribution is 7.89. The van der Waals surface area contributed by atoms with Crippen molar-refractivity contribution < 1.29 is 8.42 Å². The van der Waals surface area contributed by atoms with E-state index >= 15 is 0 Å². The van der Waals surface area contributed by atoms with Gasteiger partial charge in [-0.05, 0) is 37.3 Å². The molecule has 112 valence electrons. The summed E-state index contributed by atoms with van der Waals surface area (Å²) in [6.45, 7) is 3.31. The van der Waals surface area contributed by atoms with Crippen molar-refractivity contribution in [2.45, 2.75) is 18.4 Å². The predicted octanol–water partition coefficient (Wildman–Crippen LogP) is 1.34. The zero-order chi connectivity index (χ0) is 15.5. The van der Waals surface area contributed by atoms with Crippen LogP contribution >= 0.6 is 0 Å². The topological polar surface area (TPSA) is 102 Å². The molecule has 0 aliphatic rings. The molecule has 0 bridgehead atoms. The number of hydrogen-bond acceptors (Lipinski definition) is 5. The van der Waals surface area contributed by atoms with E-state index < -0.39 is 10.0 Å². The number of rotatable bonds is 5. The molecule has 4 N–H and O–H groups in total. The van der Waals surface area contributed by atoms with Gasteiger partial charge in [-0.25, -0.2) is 13.6 Å². The molecule has 2 aromatic rings. The molecule has 0 saturated carbocycles. The van der Waals surface area contributed by atoms with Crippen molar-refractivity contribution in [1.82, 2.24) is 4.98 Å². The van der Waals surface area contributed by atoms with Crippen LogP contribution < -0.4 is 15.8 Å². The van der Waals surface area contributed by atoms with Crippen LogP contribution in [0.5, 0.6) is 0 Å². The van der Waals surface area contributed by atoms with E-state index in [1.165, 1.54) is 12.1 Å². The molecular formula is C14H18N4O2S. The summed E-state index contributed by atoms with van der Waals surface area (Å²) in [5.41, 5.74) is 8.01. The third kappa shape index (κ3) is 3.71. The first-order valence-corrected chi connectivity index (χ1v) is 8.03. The summed E-state index contributed by atoms with van der Waals surface area (Å²) >= 11 is 0. The molecule has 6 nitrogen and oxygen atoms in total. The number of benzene rings is 1. The molecule has 2 rings (SSSR count). The number of primary sulfonamides is 1. The van der Waals surface area contributed by atoms with Gasteiger partial charge >= 0.3 is 0 Å². The van der Waals surface area contributed by atoms with Gasteiger partial charge in [-0.15, -0.1) is 0 Å². The Bertz CT molecular complexity index is 717. The number of sulfonamides is 1. The molecule has 1 aromatic carbocycles. The number of aromatic nitrogens is 1. The first-order valence-electron chi connectivity index (χ1n) is 6.49. The van der Waals surface area contributed by atoms with Gasteiger partial charge in [-0.2, -0.15) is 0 Å². The van der Waals surface area contributed by atoms with Gasteiger partial charge in [0.15, 0.2) is 0 Å². The van der Waals surface area contributed by atoms with Crippen LogP contribution in [0.4, 0.5) is 11.4 Å². The van der Waals surface area contributed by atoms with Crippen LogP contribution in [0.25, 0.3) is 0 Å². The first kappa shape index (κ1) is 15.3. The van der Waals surface area contributed by atoms with E-state index in [1.54, 1.807) is 12.3 Å². The molecule has 0 saturated heterocycles. The molecule has 0 aliphatic heterocycles. The summed E-state index contributed by atoms with van der Waals surface area (Å²) < 4.78 is 22.7. The van der Waals surface area contributed by atoms with E-state index in [9.17, 15) is 8.42 Å². The number of nitrogens with zero attached hydrogens (tertiary/aromatic N) is 2. The number of nitrogen functional groups attached to an aromatic ring is 1. The van der Waals surface area contributed by atoms with Crippen LogP contribution in [0, 0.1) is 0 Å². The quantitative estimate of drug-likeness (QED) is 0.811. The van der Waals surface area contributed by atoms with Crippen molar-refractivity contribution in [2.75, 3.05) is 17.2 Å². The highest BCUT2D eigenvalue weighted by Gasteiger charge is 2.14. The van der Waals surface area contributed by atoms with Gasteiger partial charge in [0.05, 0.1) is 28.5 Å². The van der Waals surface area contributed by atoms with Gasteiger partial charge < -0.3 is 10.6 Å². The van der Waals surface area contributed by atoms with Gasteiger partial charge in [0, 0.05) is 12.7 Å². The molecule has 1 heterocycles. The van der Waals surface area contributed by atoms with Crippen molar-refractivity contribution in [3.63, 3.8) is 0 Å². The first-order chi connectivity index (χ1) is 9.91. The molecule has 0 unspecified atom stereocenters. The van der Waals surface area contributed by atoms with Crippen LogP contribution in [-0.4, -0.2) is 19.9 Å². The Morgan fingerprint density at radius 1 is 1.24 bits per heavy atom. The lowest BCUT2D eigenvalue weighted by molar-refractivity contribution is 0.598. The normalized spacial score (nSPS) is 11.3. The average Bonchev–Trinajstić information content (AvgIpc) is 2.45. The number of anilines is 2. The number of pyridine rings is 1. The Kier molecular flexibility index (Phi) is 4.44. The van der Waals surface area contributed by atoms with Gasteiger partial charge in [0.25, 0.3) is 0 Å². The Hall–Kier alpha value is -2.12. The zero-order valence-corrected chi connectivity index (χ0v) is 12.5. The van der Waals surface area contributed by atoms with Crippen LogP contribution in [0.2, 0.25) is 0 Å². The van der Waals surface area contributed by atoms with Gasteiger partial charge in [0.1, 0.15) is 0 Å². The predicted molar refractivity (Wildman–Crippen MR) is 83.2 cm³/mol. The fraction of sp³-hybridized carbons (Fsp3) is 0.214. The molecule has 0 amide bonds. The summed E-state index contributed by atoms with van der Waals surface area (Å²) in [6.07, 6.45) is 1.73. The minimum absolute atomic E-state index is 0.0117. The second-order valence-corrected chi connectivity index (χ2v) is 6.16. The fourth-order valence-corrected chi connectivity index (χ4v) is 2.60.